The highest BCUT2D eigenvalue weighted by Crippen LogP contribution is 2.23. The summed E-state index contributed by atoms with van der Waals surface area (Å²) >= 11 is 3.21. The van der Waals surface area contributed by atoms with E-state index in [9.17, 15) is 4.79 Å². The van der Waals surface area contributed by atoms with Gasteiger partial charge in [0.25, 0.3) is 0 Å². The maximum atomic E-state index is 10.8. The summed E-state index contributed by atoms with van der Waals surface area (Å²) in [5.74, 6) is 0.347. The highest BCUT2D eigenvalue weighted by molar-refractivity contribution is 9.10. The second kappa shape index (κ2) is 5.89. The average Bonchev–Trinajstić information content (AvgIpc) is 2.16. The quantitative estimate of drug-likeness (QED) is 0.900. The van der Waals surface area contributed by atoms with Gasteiger partial charge in [0.05, 0.1) is 12.2 Å². The van der Waals surface area contributed by atoms with Gasteiger partial charge in [-0.1, -0.05) is 13.8 Å². The van der Waals surface area contributed by atoms with Gasteiger partial charge in [-0.15, -0.1) is 0 Å². The van der Waals surface area contributed by atoms with Crippen LogP contribution in [0.1, 0.15) is 30.6 Å². The fourth-order valence-corrected chi connectivity index (χ4v) is 1.70. The van der Waals surface area contributed by atoms with E-state index in [4.69, 9.17) is 9.84 Å². The third-order valence-electron chi connectivity index (χ3n) is 2.13. The number of carbonyl (C=O) groups is 1. The molecular weight excluding hydrogens is 272 g/mol. The Labute approximate surface area is 104 Å². The number of hydrogen-bond acceptors (Lipinski definition) is 2. The van der Waals surface area contributed by atoms with Crippen molar-refractivity contribution in [3.63, 3.8) is 0 Å². The molecule has 0 fully saturated rings. The minimum Gasteiger partial charge on any atom is -0.494 e. The van der Waals surface area contributed by atoms with Gasteiger partial charge in [-0.3, -0.25) is 0 Å². The first-order valence-corrected chi connectivity index (χ1v) is 5.95. The zero-order chi connectivity index (χ0) is 12.1. The Hall–Kier alpha value is -1.03. The molecule has 16 heavy (non-hydrogen) atoms. The third-order valence-corrected chi connectivity index (χ3v) is 2.79. The molecule has 0 radical (unpaired) electrons. The maximum absolute atomic E-state index is 10.8. The molecule has 0 amide bonds. The minimum absolute atomic E-state index is 0.246. The summed E-state index contributed by atoms with van der Waals surface area (Å²) in [7, 11) is 0. The van der Waals surface area contributed by atoms with E-state index < -0.39 is 5.97 Å². The molecule has 0 unspecified atom stereocenters. The number of aromatic carboxylic acids is 1. The molecule has 0 bridgehead atoms. The van der Waals surface area contributed by atoms with Crippen molar-refractivity contribution >= 4 is 21.9 Å². The Morgan fingerprint density at radius 1 is 1.50 bits per heavy atom. The largest absolute Gasteiger partial charge is 0.494 e. The molecule has 1 N–H and O–H groups in total. The van der Waals surface area contributed by atoms with E-state index in [2.05, 4.69) is 29.8 Å². The molecule has 0 aliphatic carbocycles. The third kappa shape index (κ3) is 3.85. The average molecular weight is 287 g/mol. The predicted molar refractivity (Wildman–Crippen MR) is 66.1 cm³/mol. The van der Waals surface area contributed by atoms with Crippen molar-refractivity contribution in [2.24, 2.45) is 5.92 Å². The highest BCUT2D eigenvalue weighted by Gasteiger charge is 2.08. The first-order valence-electron chi connectivity index (χ1n) is 5.16. The number of rotatable bonds is 5. The monoisotopic (exact) mass is 286 g/mol. The summed E-state index contributed by atoms with van der Waals surface area (Å²) in [6.07, 6.45) is 0.984. The van der Waals surface area contributed by atoms with Crippen LogP contribution in [0.4, 0.5) is 0 Å². The van der Waals surface area contributed by atoms with Crippen LogP contribution < -0.4 is 4.74 Å². The summed E-state index contributed by atoms with van der Waals surface area (Å²) in [6.45, 7) is 4.91. The Bertz CT molecular complexity index is 375. The molecule has 0 saturated carbocycles. The Balaban J connectivity index is 2.63. The molecule has 1 rings (SSSR count). The zero-order valence-electron chi connectivity index (χ0n) is 9.37. The number of carboxylic acid groups (broad SMARTS) is 1. The lowest BCUT2D eigenvalue weighted by Gasteiger charge is -2.09. The number of ether oxygens (including phenoxy) is 1. The summed E-state index contributed by atoms with van der Waals surface area (Å²) in [4.78, 5) is 10.8. The number of hydrogen-bond donors (Lipinski definition) is 1. The van der Waals surface area contributed by atoms with Gasteiger partial charge >= 0.3 is 5.97 Å². The molecular formula is C12H15BrO3. The predicted octanol–water partition coefficient (Wildman–Crippen LogP) is 3.57. The van der Waals surface area contributed by atoms with E-state index >= 15 is 0 Å². The van der Waals surface area contributed by atoms with Crippen LogP contribution >= 0.6 is 15.9 Å². The fourth-order valence-electron chi connectivity index (χ4n) is 1.17. The van der Waals surface area contributed by atoms with Crippen molar-refractivity contribution in [1.29, 1.82) is 0 Å². The van der Waals surface area contributed by atoms with E-state index in [-0.39, 0.29) is 5.56 Å². The van der Waals surface area contributed by atoms with Crippen LogP contribution in [-0.4, -0.2) is 17.7 Å². The Kier molecular flexibility index (Phi) is 4.80. The van der Waals surface area contributed by atoms with Gasteiger partial charge in [0.1, 0.15) is 5.75 Å². The van der Waals surface area contributed by atoms with Crippen LogP contribution in [0, 0.1) is 5.92 Å². The van der Waals surface area contributed by atoms with Crippen molar-refractivity contribution in [2.45, 2.75) is 20.3 Å². The van der Waals surface area contributed by atoms with Crippen molar-refractivity contribution in [1.82, 2.24) is 0 Å². The molecule has 4 heteroatoms. The first kappa shape index (κ1) is 13.0. The lowest BCUT2D eigenvalue weighted by molar-refractivity contribution is 0.0696. The van der Waals surface area contributed by atoms with Gasteiger partial charge in [0.15, 0.2) is 0 Å². The molecule has 0 spiro atoms. The van der Waals surface area contributed by atoms with Crippen LogP contribution in [0.2, 0.25) is 0 Å². The highest BCUT2D eigenvalue weighted by atomic mass is 79.9. The van der Waals surface area contributed by atoms with Gasteiger partial charge in [-0.05, 0) is 46.5 Å². The van der Waals surface area contributed by atoms with Gasteiger partial charge in [-0.25, -0.2) is 4.79 Å². The molecule has 88 valence electrons. The zero-order valence-corrected chi connectivity index (χ0v) is 11.0. The minimum atomic E-state index is -0.944. The number of benzene rings is 1. The second-order valence-electron chi connectivity index (χ2n) is 3.98. The standard InChI is InChI=1S/C12H15BrO3/c1-8(2)5-6-16-9-3-4-10(12(14)15)11(13)7-9/h3-4,7-8H,5-6H2,1-2H3,(H,14,15). The maximum Gasteiger partial charge on any atom is 0.336 e. The molecule has 0 aliphatic rings. The number of carboxylic acids is 1. The van der Waals surface area contributed by atoms with Gasteiger partial charge in [0, 0.05) is 4.47 Å². The molecule has 3 nitrogen and oxygen atoms in total. The smallest absolute Gasteiger partial charge is 0.336 e. The van der Waals surface area contributed by atoms with Crippen LogP contribution in [0.15, 0.2) is 22.7 Å². The summed E-state index contributed by atoms with van der Waals surface area (Å²) < 4.78 is 6.05. The molecule has 0 atom stereocenters. The lowest BCUT2D eigenvalue weighted by atomic mass is 10.1. The summed E-state index contributed by atoms with van der Waals surface area (Å²) in [5.41, 5.74) is 0.246. The van der Waals surface area contributed by atoms with Crippen molar-refractivity contribution in [3.05, 3.63) is 28.2 Å². The van der Waals surface area contributed by atoms with Gasteiger partial charge < -0.3 is 9.84 Å². The fraction of sp³-hybridized carbons (Fsp3) is 0.417. The van der Waals surface area contributed by atoms with E-state index in [1.807, 2.05) is 0 Å². The van der Waals surface area contributed by atoms with Gasteiger partial charge in [0.2, 0.25) is 0 Å². The molecule has 1 aromatic rings. The molecule has 0 saturated heterocycles. The van der Waals surface area contributed by atoms with Crippen LogP contribution in [0.3, 0.4) is 0 Å². The van der Waals surface area contributed by atoms with Crippen molar-refractivity contribution in [2.75, 3.05) is 6.61 Å². The van der Waals surface area contributed by atoms with Gasteiger partial charge in [-0.2, -0.15) is 0 Å². The molecule has 0 heterocycles. The summed E-state index contributed by atoms with van der Waals surface area (Å²) in [5, 5.41) is 8.83. The van der Waals surface area contributed by atoms with Crippen LogP contribution in [0.5, 0.6) is 5.75 Å². The normalized spacial score (nSPS) is 10.5. The molecule has 0 aliphatic heterocycles. The second-order valence-corrected chi connectivity index (χ2v) is 4.83. The van der Waals surface area contributed by atoms with Crippen molar-refractivity contribution in [3.8, 4) is 5.75 Å². The van der Waals surface area contributed by atoms with E-state index in [0.29, 0.717) is 22.7 Å². The molecule has 1 aromatic carbocycles. The lowest BCUT2D eigenvalue weighted by Crippen LogP contribution is -2.02. The van der Waals surface area contributed by atoms with Crippen LogP contribution in [-0.2, 0) is 0 Å². The topological polar surface area (TPSA) is 46.5 Å². The van der Waals surface area contributed by atoms with Crippen LogP contribution in [0.25, 0.3) is 0 Å². The molecule has 0 aromatic heterocycles. The van der Waals surface area contributed by atoms with Crippen molar-refractivity contribution < 1.29 is 14.6 Å². The Morgan fingerprint density at radius 2 is 2.19 bits per heavy atom. The Morgan fingerprint density at radius 3 is 2.69 bits per heavy atom. The summed E-state index contributed by atoms with van der Waals surface area (Å²) in [6, 6.07) is 4.90. The number of halogens is 1. The van der Waals surface area contributed by atoms with E-state index in [1.54, 1.807) is 12.1 Å². The SMILES string of the molecule is CC(C)CCOc1ccc(C(=O)O)c(Br)c1. The van der Waals surface area contributed by atoms with E-state index in [1.165, 1.54) is 6.07 Å². The van der Waals surface area contributed by atoms with E-state index in [0.717, 1.165) is 6.42 Å². The first-order chi connectivity index (χ1) is 7.50.